The van der Waals surface area contributed by atoms with Gasteiger partial charge >= 0.3 is 23.9 Å². The number of aryl methyl sites for hydroxylation is 2. The fourth-order valence-electron chi connectivity index (χ4n) is 2.70. The van der Waals surface area contributed by atoms with Crippen molar-refractivity contribution in [3.05, 3.63) is 70.8 Å². The molecule has 2 aromatic carbocycles. The summed E-state index contributed by atoms with van der Waals surface area (Å²) in [5.74, 6) is -2.56. The lowest BCUT2D eigenvalue weighted by Gasteiger charge is -2.35. The van der Waals surface area contributed by atoms with Gasteiger partial charge in [0, 0.05) is 0 Å². The van der Waals surface area contributed by atoms with Gasteiger partial charge in [-0.15, -0.1) is 0 Å². The van der Waals surface area contributed by atoms with Crippen LogP contribution in [0.5, 0.6) is 0 Å². The predicted octanol–water partition coefficient (Wildman–Crippen LogP) is 5.43. The minimum atomic E-state index is -6.09. The lowest BCUT2D eigenvalue weighted by molar-refractivity contribution is -0.372. The maximum atomic E-state index is 13.6. The molecule has 0 bridgehead atoms. The zero-order chi connectivity index (χ0) is 21.9. The molecule has 0 atom stereocenters. The molecule has 0 spiro atoms. The van der Waals surface area contributed by atoms with Crippen LogP contribution in [0.15, 0.2) is 48.5 Å². The van der Waals surface area contributed by atoms with Crippen LogP contribution in [0.1, 0.15) is 22.3 Å². The van der Waals surface area contributed by atoms with E-state index in [4.69, 9.17) is 0 Å². The summed E-state index contributed by atoms with van der Waals surface area (Å²) in [5.41, 5.74) is -3.89. The van der Waals surface area contributed by atoms with Crippen LogP contribution in [0.25, 0.3) is 0 Å². The number of halogens is 6. The van der Waals surface area contributed by atoms with Crippen molar-refractivity contribution in [3.8, 4) is 0 Å². The molecule has 0 heterocycles. The molecule has 0 saturated carbocycles. The molecule has 0 aliphatic carbocycles. The molecule has 0 aromatic heterocycles. The van der Waals surface area contributed by atoms with Gasteiger partial charge in [0.1, 0.15) is 6.61 Å². The van der Waals surface area contributed by atoms with Crippen molar-refractivity contribution >= 4 is 5.97 Å². The second kappa shape index (κ2) is 8.44. The molecular weight excluding hydrogens is 402 g/mol. The highest BCUT2D eigenvalue weighted by atomic mass is 19.4. The molecule has 3 nitrogen and oxygen atoms in total. The molecule has 0 saturated heterocycles. The van der Waals surface area contributed by atoms with Gasteiger partial charge in [-0.1, -0.05) is 48.5 Å². The molecule has 158 valence electrons. The van der Waals surface area contributed by atoms with E-state index in [0.29, 0.717) is 11.1 Å². The Kier molecular flexibility index (Phi) is 6.62. The first kappa shape index (κ1) is 22.7. The van der Waals surface area contributed by atoms with Crippen molar-refractivity contribution in [2.24, 2.45) is 0 Å². The molecule has 0 fully saturated rings. The number of alkyl halides is 6. The van der Waals surface area contributed by atoms with Crippen LogP contribution in [0, 0.1) is 13.8 Å². The second-order valence-corrected chi connectivity index (χ2v) is 6.40. The van der Waals surface area contributed by atoms with Crippen LogP contribution in [0.3, 0.4) is 0 Å². The van der Waals surface area contributed by atoms with Crippen molar-refractivity contribution < 1.29 is 40.6 Å². The summed E-state index contributed by atoms with van der Waals surface area (Å²) >= 11 is 0. The Bertz CT molecular complexity index is 809. The van der Waals surface area contributed by atoms with Gasteiger partial charge in [-0.2, -0.15) is 26.3 Å². The first-order valence-corrected chi connectivity index (χ1v) is 8.44. The molecule has 0 aliphatic heterocycles. The van der Waals surface area contributed by atoms with Crippen LogP contribution >= 0.6 is 0 Å². The van der Waals surface area contributed by atoms with Crippen LogP contribution in [0.2, 0.25) is 0 Å². The summed E-state index contributed by atoms with van der Waals surface area (Å²) in [4.78, 5) is 12.1. The van der Waals surface area contributed by atoms with E-state index in [9.17, 15) is 31.1 Å². The zero-order valence-electron chi connectivity index (χ0n) is 15.5. The smallest absolute Gasteiger partial charge is 0.437 e. The van der Waals surface area contributed by atoms with E-state index >= 15 is 0 Å². The minimum absolute atomic E-state index is 0.126. The molecule has 0 radical (unpaired) electrons. The average molecular weight is 420 g/mol. The van der Waals surface area contributed by atoms with Gasteiger partial charge in [0.2, 0.25) is 0 Å². The van der Waals surface area contributed by atoms with E-state index in [1.807, 2.05) is 0 Å². The van der Waals surface area contributed by atoms with Crippen LogP contribution in [-0.4, -0.2) is 23.9 Å². The second-order valence-electron chi connectivity index (χ2n) is 6.40. The standard InChI is InChI=1S/C20H18F6O3/c1-13-7-6-8-14(2)16(13)12-29-18(19(21,22)23,20(24,25)26)17(27)28-11-15-9-4-3-5-10-15/h3-10H,11-12H2,1-2H3. The van der Waals surface area contributed by atoms with E-state index in [2.05, 4.69) is 9.47 Å². The number of hydrogen-bond acceptors (Lipinski definition) is 3. The number of hydrogen-bond donors (Lipinski definition) is 0. The van der Waals surface area contributed by atoms with E-state index in [1.54, 1.807) is 12.1 Å². The summed E-state index contributed by atoms with van der Waals surface area (Å²) in [7, 11) is 0. The Hall–Kier alpha value is -2.55. The number of carbonyl (C=O) groups is 1. The normalized spacial score (nSPS) is 12.7. The van der Waals surface area contributed by atoms with Crippen LogP contribution in [0.4, 0.5) is 26.3 Å². The van der Waals surface area contributed by atoms with E-state index in [-0.39, 0.29) is 11.1 Å². The Morgan fingerprint density at radius 3 is 1.79 bits per heavy atom. The van der Waals surface area contributed by atoms with Gasteiger partial charge in [0.25, 0.3) is 0 Å². The van der Waals surface area contributed by atoms with Gasteiger partial charge in [-0.05, 0) is 36.1 Å². The Balaban J connectivity index is 2.38. The molecule has 9 heteroatoms. The topological polar surface area (TPSA) is 35.5 Å². The number of ether oxygens (including phenoxy) is 2. The van der Waals surface area contributed by atoms with Crippen molar-refractivity contribution in [2.45, 2.75) is 45.0 Å². The predicted molar refractivity (Wildman–Crippen MR) is 91.8 cm³/mol. The number of rotatable bonds is 6. The third-order valence-corrected chi connectivity index (χ3v) is 4.38. The summed E-state index contributed by atoms with van der Waals surface area (Å²) in [6.07, 6.45) is -12.2. The van der Waals surface area contributed by atoms with Gasteiger partial charge in [-0.3, -0.25) is 0 Å². The Morgan fingerprint density at radius 1 is 0.793 bits per heavy atom. The van der Waals surface area contributed by atoms with Gasteiger partial charge in [0.05, 0.1) is 6.61 Å². The first-order valence-electron chi connectivity index (χ1n) is 8.44. The molecule has 0 amide bonds. The zero-order valence-corrected chi connectivity index (χ0v) is 15.5. The van der Waals surface area contributed by atoms with Gasteiger partial charge in [-0.25, -0.2) is 4.79 Å². The maximum absolute atomic E-state index is 13.6. The molecule has 0 unspecified atom stereocenters. The van der Waals surface area contributed by atoms with Crippen molar-refractivity contribution in [2.75, 3.05) is 0 Å². The van der Waals surface area contributed by atoms with Gasteiger partial charge in [0.15, 0.2) is 0 Å². The van der Waals surface area contributed by atoms with Crippen molar-refractivity contribution in [1.82, 2.24) is 0 Å². The average Bonchev–Trinajstić information content (AvgIpc) is 2.61. The minimum Gasteiger partial charge on any atom is -0.458 e. The fourth-order valence-corrected chi connectivity index (χ4v) is 2.70. The number of benzene rings is 2. The summed E-state index contributed by atoms with van der Waals surface area (Å²) in [6, 6.07) is 12.0. The highest BCUT2D eigenvalue weighted by Crippen LogP contribution is 2.47. The molecule has 2 rings (SSSR count). The third kappa shape index (κ3) is 4.72. The molecule has 2 aromatic rings. The van der Waals surface area contributed by atoms with Crippen molar-refractivity contribution in [1.29, 1.82) is 0 Å². The summed E-state index contributed by atoms with van der Waals surface area (Å²) in [6.45, 7) is 1.20. The fraction of sp³-hybridized carbons (Fsp3) is 0.350. The number of esters is 1. The van der Waals surface area contributed by atoms with E-state index in [1.165, 1.54) is 50.2 Å². The van der Waals surface area contributed by atoms with Crippen LogP contribution in [-0.2, 0) is 27.5 Å². The molecular formula is C20H18F6O3. The van der Waals surface area contributed by atoms with E-state index in [0.717, 1.165) is 0 Å². The SMILES string of the molecule is Cc1cccc(C)c1COC(C(=O)OCc1ccccc1)(C(F)(F)F)C(F)(F)F. The summed E-state index contributed by atoms with van der Waals surface area (Å²) < 4.78 is 90.4. The van der Waals surface area contributed by atoms with Gasteiger partial charge < -0.3 is 9.47 Å². The largest absolute Gasteiger partial charge is 0.458 e. The highest BCUT2D eigenvalue weighted by Gasteiger charge is 2.78. The molecule has 29 heavy (non-hydrogen) atoms. The maximum Gasteiger partial charge on any atom is 0.437 e. The molecule has 0 aliphatic rings. The summed E-state index contributed by atoms with van der Waals surface area (Å²) in [5, 5.41) is 0. The third-order valence-electron chi connectivity index (χ3n) is 4.38. The quantitative estimate of drug-likeness (QED) is 0.462. The Morgan fingerprint density at radius 2 is 1.31 bits per heavy atom. The van der Waals surface area contributed by atoms with E-state index < -0.39 is 37.1 Å². The number of carbonyl (C=O) groups excluding carboxylic acids is 1. The lowest BCUT2D eigenvalue weighted by atomic mass is 10.0. The Labute approximate surface area is 163 Å². The monoisotopic (exact) mass is 420 g/mol. The van der Waals surface area contributed by atoms with Crippen molar-refractivity contribution in [3.63, 3.8) is 0 Å². The van der Waals surface area contributed by atoms with Crippen LogP contribution < -0.4 is 0 Å². The lowest BCUT2D eigenvalue weighted by Crippen LogP contribution is -2.64. The first-order chi connectivity index (χ1) is 13.4. The highest BCUT2D eigenvalue weighted by molar-refractivity contribution is 5.82. The molecule has 0 N–H and O–H groups in total.